The summed E-state index contributed by atoms with van der Waals surface area (Å²) in [7, 11) is 1.68. The minimum Gasteiger partial charge on any atom is -0.492 e. The van der Waals surface area contributed by atoms with Crippen molar-refractivity contribution in [1.29, 1.82) is 0 Å². The van der Waals surface area contributed by atoms with Gasteiger partial charge in [-0.3, -0.25) is 9.59 Å². The second-order valence-corrected chi connectivity index (χ2v) is 5.84. The van der Waals surface area contributed by atoms with Crippen molar-refractivity contribution in [3.8, 4) is 5.75 Å². The van der Waals surface area contributed by atoms with Crippen LogP contribution >= 0.6 is 0 Å². The monoisotopic (exact) mass is 337 g/mol. The molecule has 0 radical (unpaired) electrons. The highest BCUT2D eigenvalue weighted by atomic mass is 16.5. The smallest absolute Gasteiger partial charge is 0.274 e. The number of rotatable bonds is 5. The number of H-pyrrole nitrogens is 1. The Morgan fingerprint density at radius 2 is 1.92 bits per heavy atom. The van der Waals surface area contributed by atoms with E-state index in [9.17, 15) is 9.59 Å². The number of aryl methyl sites for hydroxylation is 1. The van der Waals surface area contributed by atoms with E-state index < -0.39 is 0 Å². The van der Waals surface area contributed by atoms with Gasteiger partial charge in [-0.25, -0.2) is 5.10 Å². The van der Waals surface area contributed by atoms with Gasteiger partial charge in [0.2, 0.25) is 0 Å². The summed E-state index contributed by atoms with van der Waals surface area (Å²) in [5.41, 5.74) is 1.04. The Hall–Kier alpha value is -3.15. The average molecular weight is 337 g/mol. The largest absolute Gasteiger partial charge is 0.492 e. The van der Waals surface area contributed by atoms with Gasteiger partial charge in [0.15, 0.2) is 5.69 Å². The fourth-order valence-corrected chi connectivity index (χ4v) is 2.57. The molecule has 1 amide bonds. The van der Waals surface area contributed by atoms with E-state index >= 15 is 0 Å². The molecule has 0 saturated carbocycles. The SMILES string of the molecule is Cc1cccc(OCCN(C)C(=O)c2n[nH]c(=O)c3ccccc23)c1. The van der Waals surface area contributed by atoms with Crippen molar-refractivity contribution in [1.82, 2.24) is 15.1 Å². The quantitative estimate of drug-likeness (QED) is 0.776. The van der Waals surface area contributed by atoms with Crippen LogP contribution in [0.3, 0.4) is 0 Å². The fraction of sp³-hybridized carbons (Fsp3) is 0.211. The van der Waals surface area contributed by atoms with E-state index in [-0.39, 0.29) is 17.2 Å². The summed E-state index contributed by atoms with van der Waals surface area (Å²) in [4.78, 5) is 26.0. The summed E-state index contributed by atoms with van der Waals surface area (Å²) in [6, 6.07) is 14.7. The number of hydrogen-bond donors (Lipinski definition) is 1. The second kappa shape index (κ2) is 7.17. The van der Waals surface area contributed by atoms with Gasteiger partial charge in [-0.2, -0.15) is 5.10 Å². The summed E-state index contributed by atoms with van der Waals surface area (Å²) < 4.78 is 5.68. The molecule has 0 unspecified atom stereocenters. The molecule has 6 heteroatoms. The molecule has 1 aromatic heterocycles. The summed E-state index contributed by atoms with van der Waals surface area (Å²) in [5, 5.41) is 7.31. The summed E-state index contributed by atoms with van der Waals surface area (Å²) >= 11 is 0. The van der Waals surface area contributed by atoms with E-state index in [0.717, 1.165) is 11.3 Å². The Labute approximate surface area is 145 Å². The summed E-state index contributed by atoms with van der Waals surface area (Å²) in [5.74, 6) is 0.508. The number of carbonyl (C=O) groups is 1. The lowest BCUT2D eigenvalue weighted by Crippen LogP contribution is -2.32. The van der Waals surface area contributed by atoms with Crippen LogP contribution in [0.15, 0.2) is 53.3 Å². The Bertz CT molecular complexity index is 965. The second-order valence-electron chi connectivity index (χ2n) is 5.84. The lowest BCUT2D eigenvalue weighted by atomic mass is 10.1. The molecule has 0 aliphatic heterocycles. The molecule has 0 atom stereocenters. The van der Waals surface area contributed by atoms with Crippen molar-refractivity contribution in [2.45, 2.75) is 6.92 Å². The molecule has 2 aromatic carbocycles. The van der Waals surface area contributed by atoms with Crippen molar-refractivity contribution in [2.75, 3.05) is 20.2 Å². The molecule has 128 valence electrons. The number of aromatic nitrogens is 2. The van der Waals surface area contributed by atoms with Gasteiger partial charge in [0.05, 0.1) is 11.9 Å². The maximum atomic E-state index is 12.7. The fourth-order valence-electron chi connectivity index (χ4n) is 2.57. The van der Waals surface area contributed by atoms with Crippen molar-refractivity contribution < 1.29 is 9.53 Å². The summed E-state index contributed by atoms with van der Waals surface area (Å²) in [6.45, 7) is 2.77. The van der Waals surface area contributed by atoms with E-state index in [4.69, 9.17) is 4.74 Å². The van der Waals surface area contributed by atoms with Crippen molar-refractivity contribution in [2.24, 2.45) is 0 Å². The highest BCUT2D eigenvalue weighted by Gasteiger charge is 2.17. The number of nitrogens with one attached hydrogen (secondary N) is 1. The number of ether oxygens (including phenoxy) is 1. The van der Waals surface area contributed by atoms with Crippen molar-refractivity contribution in [3.63, 3.8) is 0 Å². The van der Waals surface area contributed by atoms with E-state index in [2.05, 4.69) is 10.2 Å². The molecule has 1 heterocycles. The van der Waals surface area contributed by atoms with Crippen LogP contribution < -0.4 is 10.3 Å². The lowest BCUT2D eigenvalue weighted by molar-refractivity contribution is 0.0769. The van der Waals surface area contributed by atoms with Gasteiger partial charge in [0.1, 0.15) is 12.4 Å². The number of carbonyl (C=O) groups excluding carboxylic acids is 1. The van der Waals surface area contributed by atoms with E-state index in [1.165, 1.54) is 4.90 Å². The van der Waals surface area contributed by atoms with Gasteiger partial charge in [0.25, 0.3) is 11.5 Å². The minimum absolute atomic E-state index is 0.230. The topological polar surface area (TPSA) is 75.3 Å². The van der Waals surface area contributed by atoms with Crippen LogP contribution in [0.1, 0.15) is 16.1 Å². The first-order valence-electron chi connectivity index (χ1n) is 7.98. The highest BCUT2D eigenvalue weighted by molar-refractivity contribution is 6.04. The molecule has 6 nitrogen and oxygen atoms in total. The molecule has 0 bridgehead atoms. The minimum atomic E-state index is -0.308. The Morgan fingerprint density at radius 1 is 1.16 bits per heavy atom. The predicted octanol–water partition coefficient (Wildman–Crippen LogP) is 2.38. The van der Waals surface area contributed by atoms with E-state index in [0.29, 0.717) is 23.9 Å². The van der Waals surface area contributed by atoms with Crippen LogP contribution in [-0.4, -0.2) is 41.2 Å². The molecule has 0 aliphatic rings. The molecule has 3 rings (SSSR count). The first-order chi connectivity index (χ1) is 12.1. The molecule has 3 aromatic rings. The molecule has 0 aliphatic carbocycles. The Morgan fingerprint density at radius 3 is 2.68 bits per heavy atom. The Balaban J connectivity index is 1.71. The summed E-state index contributed by atoms with van der Waals surface area (Å²) in [6.07, 6.45) is 0. The van der Waals surface area contributed by atoms with Gasteiger partial charge < -0.3 is 9.64 Å². The third-order valence-electron chi connectivity index (χ3n) is 3.93. The number of fused-ring (bicyclic) bond motifs is 1. The van der Waals surface area contributed by atoms with Gasteiger partial charge in [-0.05, 0) is 30.7 Å². The third-order valence-corrected chi connectivity index (χ3v) is 3.93. The third kappa shape index (κ3) is 3.68. The highest BCUT2D eigenvalue weighted by Crippen LogP contribution is 2.15. The van der Waals surface area contributed by atoms with Crippen LogP contribution in [0.4, 0.5) is 0 Å². The molecule has 0 fully saturated rings. The molecular formula is C19H19N3O3. The van der Waals surface area contributed by atoms with Crippen LogP contribution in [-0.2, 0) is 0 Å². The number of aromatic amines is 1. The lowest BCUT2D eigenvalue weighted by Gasteiger charge is -2.17. The maximum absolute atomic E-state index is 12.7. The van der Waals surface area contributed by atoms with E-state index in [1.807, 2.05) is 31.2 Å². The van der Waals surface area contributed by atoms with Crippen LogP contribution in [0.25, 0.3) is 10.8 Å². The normalized spacial score (nSPS) is 10.6. The van der Waals surface area contributed by atoms with Gasteiger partial charge >= 0.3 is 0 Å². The zero-order valence-electron chi connectivity index (χ0n) is 14.2. The first-order valence-corrected chi connectivity index (χ1v) is 7.98. The zero-order chi connectivity index (χ0) is 17.8. The molecule has 25 heavy (non-hydrogen) atoms. The molecule has 0 spiro atoms. The van der Waals surface area contributed by atoms with Crippen LogP contribution in [0, 0.1) is 6.92 Å². The van der Waals surface area contributed by atoms with E-state index in [1.54, 1.807) is 31.3 Å². The van der Waals surface area contributed by atoms with Crippen LogP contribution in [0.5, 0.6) is 5.75 Å². The molecular weight excluding hydrogens is 318 g/mol. The molecule has 0 saturated heterocycles. The molecule has 1 N–H and O–H groups in total. The number of hydrogen-bond acceptors (Lipinski definition) is 4. The maximum Gasteiger partial charge on any atom is 0.274 e. The number of amides is 1. The number of nitrogens with zero attached hydrogens (tertiary/aromatic N) is 2. The van der Waals surface area contributed by atoms with Gasteiger partial charge in [-0.1, -0.05) is 30.3 Å². The van der Waals surface area contributed by atoms with Crippen LogP contribution in [0.2, 0.25) is 0 Å². The standard InChI is InChI=1S/C19H19N3O3/c1-13-6-5-7-14(12-13)25-11-10-22(2)19(24)17-15-8-3-4-9-16(15)18(23)21-20-17/h3-9,12H,10-11H2,1-2H3,(H,21,23). The Kier molecular flexibility index (Phi) is 4.79. The zero-order valence-corrected chi connectivity index (χ0v) is 14.2. The average Bonchev–Trinajstić information content (AvgIpc) is 2.62. The first kappa shape index (κ1) is 16.7. The van der Waals surface area contributed by atoms with Crippen molar-refractivity contribution in [3.05, 3.63) is 70.1 Å². The van der Waals surface area contributed by atoms with Crippen molar-refractivity contribution >= 4 is 16.7 Å². The number of benzene rings is 2. The predicted molar refractivity (Wildman–Crippen MR) is 96.0 cm³/mol. The van der Waals surface area contributed by atoms with Gasteiger partial charge in [0, 0.05) is 12.4 Å². The number of likely N-dealkylation sites (N-methyl/N-ethyl adjacent to an activating group) is 1. The van der Waals surface area contributed by atoms with Gasteiger partial charge in [-0.15, -0.1) is 0 Å².